The van der Waals surface area contributed by atoms with Crippen LogP contribution in [0.4, 0.5) is 5.69 Å². The first-order chi connectivity index (χ1) is 11.8. The van der Waals surface area contributed by atoms with Gasteiger partial charge in [-0.3, -0.25) is 9.52 Å². The molecule has 1 aliphatic heterocycles. The standard InChI is InChI=1S/C17H28N4O3S/c1-14-15(6-4-7-16(14)19-25(3,23)24)17(22)18-8-5-9-21-12-10-20(2)11-13-21/h4,6-7,19H,5,8-13H2,1-3H3,(H,18,22). The van der Waals surface area contributed by atoms with Gasteiger partial charge >= 0.3 is 0 Å². The largest absolute Gasteiger partial charge is 0.352 e. The SMILES string of the molecule is Cc1c(NS(C)(=O)=O)cccc1C(=O)NCCCN1CCN(C)CC1. The van der Waals surface area contributed by atoms with Crippen molar-refractivity contribution in [2.45, 2.75) is 13.3 Å². The molecule has 0 spiro atoms. The second-order valence-electron chi connectivity index (χ2n) is 6.61. The Labute approximate surface area is 150 Å². The van der Waals surface area contributed by atoms with Crippen molar-refractivity contribution in [1.29, 1.82) is 0 Å². The average molecular weight is 369 g/mol. The molecular formula is C17H28N4O3S. The van der Waals surface area contributed by atoms with Crippen LogP contribution in [0.5, 0.6) is 0 Å². The number of benzene rings is 1. The maximum atomic E-state index is 12.4. The smallest absolute Gasteiger partial charge is 0.251 e. The van der Waals surface area contributed by atoms with Crippen molar-refractivity contribution in [2.24, 2.45) is 0 Å². The molecule has 2 N–H and O–H groups in total. The normalized spacial score (nSPS) is 16.6. The van der Waals surface area contributed by atoms with Gasteiger partial charge in [-0.25, -0.2) is 8.42 Å². The zero-order valence-corrected chi connectivity index (χ0v) is 16.0. The minimum atomic E-state index is -3.37. The van der Waals surface area contributed by atoms with E-state index in [-0.39, 0.29) is 5.91 Å². The maximum Gasteiger partial charge on any atom is 0.251 e. The average Bonchev–Trinajstić information content (AvgIpc) is 2.54. The molecule has 0 bridgehead atoms. The number of nitrogens with zero attached hydrogens (tertiary/aromatic N) is 2. The van der Waals surface area contributed by atoms with E-state index in [4.69, 9.17) is 0 Å². The molecule has 140 valence electrons. The van der Waals surface area contributed by atoms with Gasteiger partial charge in [-0.15, -0.1) is 0 Å². The second-order valence-corrected chi connectivity index (χ2v) is 8.36. The summed E-state index contributed by atoms with van der Waals surface area (Å²) in [4.78, 5) is 17.1. The van der Waals surface area contributed by atoms with E-state index in [2.05, 4.69) is 26.9 Å². The molecule has 0 aliphatic carbocycles. The van der Waals surface area contributed by atoms with Crippen LogP contribution < -0.4 is 10.0 Å². The molecule has 0 aromatic heterocycles. The zero-order chi connectivity index (χ0) is 18.4. The lowest BCUT2D eigenvalue weighted by Crippen LogP contribution is -2.45. The van der Waals surface area contributed by atoms with Crippen molar-refractivity contribution < 1.29 is 13.2 Å². The van der Waals surface area contributed by atoms with E-state index in [0.717, 1.165) is 45.4 Å². The number of hydrogen-bond acceptors (Lipinski definition) is 5. The number of carbonyl (C=O) groups is 1. The van der Waals surface area contributed by atoms with Crippen LogP contribution in [-0.4, -0.2) is 76.7 Å². The maximum absolute atomic E-state index is 12.4. The number of hydrogen-bond donors (Lipinski definition) is 2. The van der Waals surface area contributed by atoms with E-state index in [1.165, 1.54) is 0 Å². The molecule has 1 fully saturated rings. The highest BCUT2D eigenvalue weighted by molar-refractivity contribution is 7.92. The lowest BCUT2D eigenvalue weighted by atomic mass is 10.1. The molecule has 0 atom stereocenters. The summed E-state index contributed by atoms with van der Waals surface area (Å²) >= 11 is 0. The van der Waals surface area contributed by atoms with E-state index >= 15 is 0 Å². The van der Waals surface area contributed by atoms with Crippen LogP contribution in [0.15, 0.2) is 18.2 Å². The lowest BCUT2D eigenvalue weighted by molar-refractivity contribution is 0.0949. The van der Waals surface area contributed by atoms with Gasteiger partial charge in [0.2, 0.25) is 10.0 Å². The minimum absolute atomic E-state index is 0.173. The summed E-state index contributed by atoms with van der Waals surface area (Å²) in [5.74, 6) is -0.173. The Hall–Kier alpha value is -1.64. The number of anilines is 1. The number of sulfonamides is 1. The summed E-state index contributed by atoms with van der Waals surface area (Å²) in [6.45, 7) is 7.65. The number of likely N-dealkylation sites (N-methyl/N-ethyl adjacent to an activating group) is 1. The Kier molecular flexibility index (Phi) is 6.80. The third kappa shape index (κ3) is 6.30. The summed E-state index contributed by atoms with van der Waals surface area (Å²) in [5.41, 5.74) is 1.56. The Bertz CT molecular complexity index is 698. The highest BCUT2D eigenvalue weighted by Gasteiger charge is 2.15. The van der Waals surface area contributed by atoms with Crippen molar-refractivity contribution in [3.05, 3.63) is 29.3 Å². The number of piperazine rings is 1. The fourth-order valence-corrected chi connectivity index (χ4v) is 3.48. The summed E-state index contributed by atoms with van der Waals surface area (Å²) in [5, 5.41) is 2.92. The molecule has 1 aliphatic rings. The highest BCUT2D eigenvalue weighted by Crippen LogP contribution is 2.19. The van der Waals surface area contributed by atoms with Crippen molar-refractivity contribution in [1.82, 2.24) is 15.1 Å². The molecule has 0 saturated carbocycles. The van der Waals surface area contributed by atoms with Crippen molar-refractivity contribution in [2.75, 3.05) is 57.3 Å². The van der Waals surface area contributed by atoms with Crippen molar-refractivity contribution >= 4 is 21.6 Å². The molecule has 1 saturated heterocycles. The Morgan fingerprint density at radius 3 is 2.52 bits per heavy atom. The van der Waals surface area contributed by atoms with Crippen LogP contribution in [0.1, 0.15) is 22.3 Å². The molecule has 1 heterocycles. The van der Waals surface area contributed by atoms with Crippen LogP contribution in [0.2, 0.25) is 0 Å². The fourth-order valence-electron chi connectivity index (χ4n) is 2.86. The van der Waals surface area contributed by atoms with Crippen LogP contribution in [0.3, 0.4) is 0 Å². The van der Waals surface area contributed by atoms with E-state index in [1.54, 1.807) is 25.1 Å². The molecule has 8 heteroatoms. The monoisotopic (exact) mass is 368 g/mol. The quantitative estimate of drug-likeness (QED) is 0.694. The van der Waals surface area contributed by atoms with Gasteiger partial charge in [0.15, 0.2) is 0 Å². The van der Waals surface area contributed by atoms with Crippen LogP contribution in [0.25, 0.3) is 0 Å². The summed E-state index contributed by atoms with van der Waals surface area (Å²) < 4.78 is 25.2. The Morgan fingerprint density at radius 1 is 1.20 bits per heavy atom. The number of nitrogens with one attached hydrogen (secondary N) is 2. The van der Waals surface area contributed by atoms with Crippen molar-refractivity contribution in [3.8, 4) is 0 Å². The molecule has 0 unspecified atom stereocenters. The third-order valence-electron chi connectivity index (χ3n) is 4.41. The summed E-state index contributed by atoms with van der Waals surface area (Å²) in [6, 6.07) is 5.04. The predicted molar refractivity (Wildman–Crippen MR) is 101 cm³/mol. The van der Waals surface area contributed by atoms with Gasteiger partial charge in [-0.2, -0.15) is 0 Å². The van der Waals surface area contributed by atoms with Gasteiger partial charge in [0.1, 0.15) is 0 Å². The van der Waals surface area contributed by atoms with Gasteiger partial charge in [0, 0.05) is 38.3 Å². The second kappa shape index (κ2) is 8.64. The molecule has 0 radical (unpaired) electrons. The van der Waals surface area contributed by atoms with E-state index in [1.807, 2.05) is 0 Å². The number of carbonyl (C=O) groups excluding carboxylic acids is 1. The minimum Gasteiger partial charge on any atom is -0.352 e. The van der Waals surface area contributed by atoms with E-state index < -0.39 is 10.0 Å². The number of amides is 1. The summed E-state index contributed by atoms with van der Waals surface area (Å²) in [7, 11) is -1.24. The fraction of sp³-hybridized carbons (Fsp3) is 0.588. The Morgan fingerprint density at radius 2 is 1.88 bits per heavy atom. The predicted octanol–water partition coefficient (Wildman–Crippen LogP) is 0.734. The first-order valence-electron chi connectivity index (χ1n) is 8.53. The van der Waals surface area contributed by atoms with Crippen LogP contribution in [-0.2, 0) is 10.0 Å². The van der Waals surface area contributed by atoms with Gasteiger partial charge in [0.25, 0.3) is 5.91 Å². The van der Waals surface area contributed by atoms with Crippen LogP contribution >= 0.6 is 0 Å². The Balaban J connectivity index is 1.83. The first kappa shape index (κ1) is 19.7. The lowest BCUT2D eigenvalue weighted by Gasteiger charge is -2.32. The van der Waals surface area contributed by atoms with E-state index in [9.17, 15) is 13.2 Å². The third-order valence-corrected chi connectivity index (χ3v) is 5.00. The number of rotatable bonds is 7. The van der Waals surface area contributed by atoms with Gasteiger partial charge < -0.3 is 15.1 Å². The first-order valence-corrected chi connectivity index (χ1v) is 10.4. The van der Waals surface area contributed by atoms with Gasteiger partial charge in [-0.1, -0.05) is 6.07 Å². The highest BCUT2D eigenvalue weighted by atomic mass is 32.2. The van der Waals surface area contributed by atoms with Gasteiger partial charge in [-0.05, 0) is 44.6 Å². The molecule has 2 rings (SSSR count). The van der Waals surface area contributed by atoms with Crippen LogP contribution in [0, 0.1) is 6.92 Å². The van der Waals surface area contributed by atoms with Crippen molar-refractivity contribution in [3.63, 3.8) is 0 Å². The summed E-state index contributed by atoms with van der Waals surface area (Å²) in [6.07, 6.45) is 1.99. The zero-order valence-electron chi connectivity index (χ0n) is 15.2. The molecule has 7 nitrogen and oxygen atoms in total. The molecule has 1 aromatic rings. The molecule has 1 amide bonds. The topological polar surface area (TPSA) is 81.7 Å². The van der Waals surface area contributed by atoms with E-state index in [0.29, 0.717) is 23.4 Å². The molecule has 1 aromatic carbocycles. The molecule has 25 heavy (non-hydrogen) atoms. The van der Waals surface area contributed by atoms with Gasteiger partial charge in [0.05, 0.1) is 11.9 Å². The molecular weight excluding hydrogens is 340 g/mol.